The molecular weight excluding hydrogens is 120 g/mol. The van der Waals surface area contributed by atoms with Crippen LogP contribution in [0.4, 0.5) is 0 Å². The average Bonchev–Trinajstić information content (AvgIpc) is 1.80. The van der Waals surface area contributed by atoms with Crippen LogP contribution in [0.15, 0.2) is 0 Å². The second-order valence-electron chi connectivity index (χ2n) is 2.60. The minimum absolute atomic E-state index is 0.321. The van der Waals surface area contributed by atoms with E-state index in [0.29, 0.717) is 19.3 Å². The van der Waals surface area contributed by atoms with Crippen molar-refractivity contribution in [3.05, 3.63) is 0 Å². The summed E-state index contributed by atoms with van der Waals surface area (Å²) in [5, 5.41) is 26.8. The molecule has 0 heterocycles. The molecule has 3 N–H and O–H groups in total. The summed E-state index contributed by atoms with van der Waals surface area (Å²) in [4.78, 5) is 0. The lowest BCUT2D eigenvalue weighted by Gasteiger charge is -2.26. The molecule has 0 amide bonds. The molecule has 9 heavy (non-hydrogen) atoms. The lowest BCUT2D eigenvalue weighted by molar-refractivity contribution is -0.0494. The molecular formula is C6H12O3. The predicted octanol–water partition coefficient (Wildman–Crippen LogP) is -0.747. The smallest absolute Gasteiger partial charge is 0.0823 e. The van der Waals surface area contributed by atoms with E-state index >= 15 is 0 Å². The Bertz CT molecular complexity index is 94.3. The second-order valence-corrected chi connectivity index (χ2v) is 2.60. The van der Waals surface area contributed by atoms with Crippen LogP contribution >= 0.6 is 0 Å². The Morgan fingerprint density at radius 2 is 1.56 bits per heavy atom. The normalized spacial score (nSPS) is 45.0. The first kappa shape index (κ1) is 6.99. The SMILES string of the molecule is O[C@H]1CC[C@H](O)[C@H](O)C1. The van der Waals surface area contributed by atoms with E-state index in [4.69, 9.17) is 15.3 Å². The van der Waals surface area contributed by atoms with Crippen molar-refractivity contribution < 1.29 is 15.3 Å². The van der Waals surface area contributed by atoms with Gasteiger partial charge in [0.2, 0.25) is 0 Å². The second kappa shape index (κ2) is 2.64. The molecule has 3 nitrogen and oxygen atoms in total. The van der Waals surface area contributed by atoms with Crippen LogP contribution in [0.1, 0.15) is 19.3 Å². The highest BCUT2D eigenvalue weighted by Crippen LogP contribution is 2.18. The first-order valence-corrected chi connectivity index (χ1v) is 3.24. The maximum absolute atomic E-state index is 8.94. The molecule has 0 aromatic rings. The van der Waals surface area contributed by atoms with Crippen LogP contribution in [0.25, 0.3) is 0 Å². The summed E-state index contributed by atoms with van der Waals surface area (Å²) in [7, 11) is 0. The zero-order valence-electron chi connectivity index (χ0n) is 5.20. The Hall–Kier alpha value is -0.120. The summed E-state index contributed by atoms with van der Waals surface area (Å²) in [5.41, 5.74) is 0. The molecule has 1 fully saturated rings. The van der Waals surface area contributed by atoms with Crippen LogP contribution < -0.4 is 0 Å². The highest BCUT2D eigenvalue weighted by molar-refractivity contribution is 4.77. The largest absolute Gasteiger partial charge is 0.393 e. The molecule has 3 atom stereocenters. The monoisotopic (exact) mass is 132 g/mol. The fourth-order valence-electron chi connectivity index (χ4n) is 1.11. The molecule has 3 heteroatoms. The standard InChI is InChI=1S/C6H12O3/c7-4-1-2-5(8)6(9)3-4/h4-9H,1-3H2/t4-,5-,6+/m0/s1. The Morgan fingerprint density at radius 1 is 0.889 bits per heavy atom. The van der Waals surface area contributed by atoms with Crippen molar-refractivity contribution in [3.8, 4) is 0 Å². The molecule has 0 bridgehead atoms. The van der Waals surface area contributed by atoms with Gasteiger partial charge in [0.05, 0.1) is 18.3 Å². The van der Waals surface area contributed by atoms with Gasteiger partial charge in [-0.2, -0.15) is 0 Å². The summed E-state index contributed by atoms with van der Waals surface area (Å²) < 4.78 is 0. The molecule has 1 saturated carbocycles. The molecule has 0 aromatic heterocycles. The zero-order chi connectivity index (χ0) is 6.85. The average molecular weight is 132 g/mol. The highest BCUT2D eigenvalue weighted by Gasteiger charge is 2.25. The first-order chi connectivity index (χ1) is 4.20. The van der Waals surface area contributed by atoms with Crippen molar-refractivity contribution in [2.24, 2.45) is 0 Å². The lowest BCUT2D eigenvalue weighted by Crippen LogP contribution is -2.35. The zero-order valence-corrected chi connectivity index (χ0v) is 5.20. The Kier molecular flexibility index (Phi) is 2.05. The third-order valence-electron chi connectivity index (χ3n) is 1.75. The molecule has 1 rings (SSSR count). The van der Waals surface area contributed by atoms with Gasteiger partial charge in [-0.3, -0.25) is 0 Å². The van der Waals surface area contributed by atoms with Crippen molar-refractivity contribution in [3.63, 3.8) is 0 Å². The summed E-state index contributed by atoms with van der Waals surface area (Å²) >= 11 is 0. The van der Waals surface area contributed by atoms with Gasteiger partial charge in [-0.1, -0.05) is 0 Å². The highest BCUT2D eigenvalue weighted by atomic mass is 16.3. The molecule has 54 valence electrons. The van der Waals surface area contributed by atoms with Crippen LogP contribution in [-0.4, -0.2) is 33.6 Å². The van der Waals surface area contributed by atoms with Crippen LogP contribution in [0.5, 0.6) is 0 Å². The van der Waals surface area contributed by atoms with Gasteiger partial charge >= 0.3 is 0 Å². The van der Waals surface area contributed by atoms with E-state index in [1.165, 1.54) is 0 Å². The molecule has 0 unspecified atom stereocenters. The van der Waals surface area contributed by atoms with E-state index in [0.717, 1.165) is 0 Å². The first-order valence-electron chi connectivity index (χ1n) is 3.24. The number of rotatable bonds is 0. The molecule has 0 aliphatic heterocycles. The third-order valence-corrected chi connectivity index (χ3v) is 1.75. The van der Waals surface area contributed by atoms with E-state index < -0.39 is 18.3 Å². The number of hydrogen-bond acceptors (Lipinski definition) is 3. The fourth-order valence-corrected chi connectivity index (χ4v) is 1.11. The van der Waals surface area contributed by atoms with Crippen molar-refractivity contribution in [1.29, 1.82) is 0 Å². The van der Waals surface area contributed by atoms with Crippen LogP contribution in [0, 0.1) is 0 Å². The molecule has 1 aliphatic carbocycles. The minimum Gasteiger partial charge on any atom is -0.393 e. The van der Waals surface area contributed by atoms with Gasteiger partial charge in [0.1, 0.15) is 0 Å². The van der Waals surface area contributed by atoms with E-state index in [9.17, 15) is 0 Å². The Balaban J connectivity index is 2.35. The van der Waals surface area contributed by atoms with Gasteiger partial charge in [-0.05, 0) is 12.8 Å². The minimum atomic E-state index is -0.714. The van der Waals surface area contributed by atoms with Crippen molar-refractivity contribution >= 4 is 0 Å². The van der Waals surface area contributed by atoms with E-state index in [1.54, 1.807) is 0 Å². The van der Waals surface area contributed by atoms with Crippen LogP contribution in [0.2, 0.25) is 0 Å². The third kappa shape index (κ3) is 1.64. The van der Waals surface area contributed by atoms with Gasteiger partial charge in [-0.25, -0.2) is 0 Å². The molecule has 0 spiro atoms. The van der Waals surface area contributed by atoms with Gasteiger partial charge in [0.15, 0.2) is 0 Å². The molecule has 0 aromatic carbocycles. The van der Waals surface area contributed by atoms with E-state index in [1.807, 2.05) is 0 Å². The Labute approximate surface area is 53.9 Å². The Morgan fingerprint density at radius 3 is 2.00 bits per heavy atom. The maximum atomic E-state index is 8.94. The fraction of sp³-hybridized carbons (Fsp3) is 1.00. The topological polar surface area (TPSA) is 60.7 Å². The van der Waals surface area contributed by atoms with Gasteiger partial charge < -0.3 is 15.3 Å². The van der Waals surface area contributed by atoms with Crippen molar-refractivity contribution in [2.75, 3.05) is 0 Å². The summed E-state index contributed by atoms with van der Waals surface area (Å²) in [6.45, 7) is 0. The molecule has 1 aliphatic rings. The van der Waals surface area contributed by atoms with Crippen molar-refractivity contribution in [1.82, 2.24) is 0 Å². The van der Waals surface area contributed by atoms with Crippen LogP contribution in [-0.2, 0) is 0 Å². The van der Waals surface area contributed by atoms with Gasteiger partial charge in [0, 0.05) is 6.42 Å². The van der Waals surface area contributed by atoms with Gasteiger partial charge in [0.25, 0.3) is 0 Å². The number of aliphatic hydroxyl groups is 3. The van der Waals surface area contributed by atoms with E-state index in [-0.39, 0.29) is 0 Å². The maximum Gasteiger partial charge on any atom is 0.0823 e. The molecule has 0 saturated heterocycles. The lowest BCUT2D eigenvalue weighted by atomic mass is 9.93. The van der Waals surface area contributed by atoms with Crippen molar-refractivity contribution in [2.45, 2.75) is 37.6 Å². The molecule has 0 radical (unpaired) electrons. The number of aliphatic hydroxyl groups excluding tert-OH is 3. The number of hydrogen-bond donors (Lipinski definition) is 3. The van der Waals surface area contributed by atoms with Gasteiger partial charge in [-0.15, -0.1) is 0 Å². The van der Waals surface area contributed by atoms with E-state index in [2.05, 4.69) is 0 Å². The van der Waals surface area contributed by atoms with Crippen LogP contribution in [0.3, 0.4) is 0 Å². The quantitative estimate of drug-likeness (QED) is 0.406. The summed E-state index contributed by atoms with van der Waals surface area (Å²) in [5.74, 6) is 0. The summed E-state index contributed by atoms with van der Waals surface area (Å²) in [6.07, 6.45) is -0.299. The predicted molar refractivity (Wildman–Crippen MR) is 31.9 cm³/mol. The summed E-state index contributed by atoms with van der Waals surface area (Å²) in [6, 6.07) is 0.